The summed E-state index contributed by atoms with van der Waals surface area (Å²) in [5.41, 5.74) is 3.82. The molecule has 4 aliphatic heterocycles. The molecular formula is C52H64Cl4N12O. The highest BCUT2D eigenvalue weighted by molar-refractivity contribution is 6.33. The molecule has 0 radical (unpaired) electrons. The number of aldehydes is 1. The average molecular weight is 1010 g/mol. The predicted molar refractivity (Wildman–Crippen MR) is 282 cm³/mol. The van der Waals surface area contributed by atoms with Crippen molar-refractivity contribution in [3.05, 3.63) is 129 Å². The number of nitrogens with one attached hydrogen (secondary N) is 3. The first kappa shape index (κ1) is 50.8. The summed E-state index contributed by atoms with van der Waals surface area (Å²) in [4.78, 5) is 47.0. The minimum atomic E-state index is 0.518. The molecule has 8 heterocycles. The van der Waals surface area contributed by atoms with Gasteiger partial charge in [-0.15, -0.1) is 0 Å². The highest BCUT2D eigenvalue weighted by Gasteiger charge is 2.35. The molecule has 0 bridgehead atoms. The van der Waals surface area contributed by atoms with Gasteiger partial charge in [-0.1, -0.05) is 84.5 Å². The molecule has 10 rings (SSSR count). The number of hydrogen-bond acceptors (Lipinski definition) is 11. The van der Waals surface area contributed by atoms with Gasteiger partial charge in [0.1, 0.15) is 29.6 Å². The van der Waals surface area contributed by atoms with Gasteiger partial charge in [0, 0.05) is 134 Å². The first-order valence-electron chi connectivity index (χ1n) is 24.4. The number of hydrogen-bond donors (Lipinski definition) is 3. The molecule has 2 aromatic carbocycles. The molecule has 0 amide bonds. The van der Waals surface area contributed by atoms with Gasteiger partial charge in [-0.25, -0.2) is 19.9 Å². The van der Waals surface area contributed by atoms with Crippen molar-refractivity contribution in [2.75, 3.05) is 75.2 Å². The first-order chi connectivity index (χ1) is 33.7. The van der Waals surface area contributed by atoms with Crippen LogP contribution in [0.25, 0.3) is 22.8 Å². The monoisotopic (exact) mass is 1010 g/mol. The molecule has 6 aromatic rings. The van der Waals surface area contributed by atoms with Crippen LogP contribution in [-0.4, -0.2) is 141 Å². The third-order valence-corrected chi connectivity index (χ3v) is 15.0. The number of carbonyl (C=O) groups excluding carboxylic acids is 1. The minimum Gasteiger partial charge on any atom is -0.353 e. The second-order valence-corrected chi connectivity index (χ2v) is 19.9. The Labute approximate surface area is 426 Å². The normalized spacial score (nSPS) is 19.9. The molecule has 2 atom stereocenters. The van der Waals surface area contributed by atoms with E-state index in [0.29, 0.717) is 44.8 Å². The maximum atomic E-state index is 10.1. The molecule has 0 saturated carbocycles. The molecule has 3 N–H and O–H groups in total. The number of aromatic nitrogens is 6. The predicted octanol–water partition coefficient (Wildman–Crippen LogP) is 10.3. The number of nitrogens with zero attached hydrogens (tertiary/aromatic N) is 9. The summed E-state index contributed by atoms with van der Waals surface area (Å²) in [6.45, 7) is 16.2. The van der Waals surface area contributed by atoms with E-state index in [9.17, 15) is 4.79 Å². The Hall–Kier alpha value is -4.57. The molecule has 69 heavy (non-hydrogen) atoms. The first-order valence-corrected chi connectivity index (χ1v) is 25.9. The van der Waals surface area contributed by atoms with Crippen LogP contribution in [0.15, 0.2) is 97.8 Å². The Morgan fingerprint density at radius 1 is 0.609 bits per heavy atom. The summed E-state index contributed by atoms with van der Waals surface area (Å²) in [7, 11) is 0. The van der Waals surface area contributed by atoms with Crippen molar-refractivity contribution in [3.63, 3.8) is 0 Å². The van der Waals surface area contributed by atoms with E-state index in [0.717, 1.165) is 131 Å². The zero-order valence-electron chi connectivity index (χ0n) is 39.6. The fourth-order valence-corrected chi connectivity index (χ4v) is 11.0. The Kier molecular flexibility index (Phi) is 18.4. The fourth-order valence-electron chi connectivity index (χ4n) is 10.2. The molecule has 0 aliphatic carbocycles. The van der Waals surface area contributed by atoms with E-state index in [-0.39, 0.29) is 0 Å². The van der Waals surface area contributed by atoms with Crippen molar-refractivity contribution in [3.8, 4) is 22.8 Å². The number of halogens is 4. The topological polar surface area (TPSA) is 128 Å². The second-order valence-electron chi connectivity index (χ2n) is 18.2. The lowest BCUT2D eigenvalue weighted by atomic mass is 9.98. The fraction of sp³-hybridized carbons (Fsp3) is 0.442. The highest BCUT2D eigenvalue weighted by atomic mass is 35.5. The zero-order chi connectivity index (χ0) is 48.1. The van der Waals surface area contributed by atoms with Crippen molar-refractivity contribution in [1.29, 1.82) is 0 Å². The van der Waals surface area contributed by atoms with Crippen LogP contribution in [0.2, 0.25) is 20.1 Å². The lowest BCUT2D eigenvalue weighted by molar-refractivity contribution is 0.0610. The van der Waals surface area contributed by atoms with Crippen LogP contribution in [0.1, 0.15) is 68.3 Å². The smallest absolute Gasteiger partial charge is 0.150 e. The largest absolute Gasteiger partial charge is 0.353 e. The lowest BCUT2D eigenvalue weighted by Gasteiger charge is -2.47. The maximum absolute atomic E-state index is 10.1. The number of rotatable bonds is 11. The van der Waals surface area contributed by atoms with Crippen LogP contribution in [-0.2, 0) is 6.54 Å². The lowest BCUT2D eigenvalue weighted by Crippen LogP contribution is -2.58. The number of benzene rings is 2. The Morgan fingerprint density at radius 3 is 1.52 bits per heavy atom. The van der Waals surface area contributed by atoms with E-state index in [2.05, 4.69) is 80.7 Å². The zero-order valence-corrected chi connectivity index (χ0v) is 42.6. The van der Waals surface area contributed by atoms with E-state index in [4.69, 9.17) is 51.4 Å². The number of aromatic amines is 2. The van der Waals surface area contributed by atoms with Crippen molar-refractivity contribution < 1.29 is 4.79 Å². The molecule has 4 fully saturated rings. The van der Waals surface area contributed by atoms with E-state index in [1.54, 1.807) is 36.7 Å². The summed E-state index contributed by atoms with van der Waals surface area (Å²) < 4.78 is 0. The van der Waals surface area contributed by atoms with Crippen molar-refractivity contribution in [2.24, 2.45) is 0 Å². The van der Waals surface area contributed by atoms with Crippen LogP contribution >= 0.6 is 46.4 Å². The van der Waals surface area contributed by atoms with E-state index >= 15 is 0 Å². The van der Waals surface area contributed by atoms with Crippen LogP contribution in [0.4, 0.5) is 11.6 Å². The molecule has 17 heteroatoms. The van der Waals surface area contributed by atoms with Gasteiger partial charge in [0.25, 0.3) is 0 Å². The molecule has 0 unspecified atom stereocenters. The quantitative estimate of drug-likeness (QED) is 0.107. The summed E-state index contributed by atoms with van der Waals surface area (Å²) in [5, 5.41) is 6.32. The van der Waals surface area contributed by atoms with Crippen LogP contribution in [0.5, 0.6) is 0 Å². The van der Waals surface area contributed by atoms with Crippen LogP contribution in [0, 0.1) is 0 Å². The summed E-state index contributed by atoms with van der Waals surface area (Å²) in [5.74, 6) is 3.37. The number of likely N-dealkylation sites (tertiary alicyclic amines) is 1. The Morgan fingerprint density at radius 2 is 1.09 bits per heavy atom. The Balaban J connectivity index is 0.000000161. The average Bonchev–Trinajstić information content (AvgIpc) is 4.15. The third-order valence-electron chi connectivity index (χ3n) is 13.9. The van der Waals surface area contributed by atoms with Gasteiger partial charge in [-0.2, -0.15) is 0 Å². The molecule has 13 nitrogen and oxygen atoms in total. The summed E-state index contributed by atoms with van der Waals surface area (Å²) in [6, 6.07) is 21.4. The molecule has 366 valence electrons. The molecule has 0 spiro atoms. The van der Waals surface area contributed by atoms with Gasteiger partial charge in [-0.05, 0) is 107 Å². The van der Waals surface area contributed by atoms with E-state index < -0.39 is 0 Å². The van der Waals surface area contributed by atoms with Crippen molar-refractivity contribution >= 4 is 64.3 Å². The van der Waals surface area contributed by atoms with Crippen molar-refractivity contribution in [2.45, 2.75) is 83.1 Å². The standard InChI is InChI=1S/C26H32Cl2N6.C19H27ClN6.C7H5ClO/c1-2-22-18-33(26-24(28)15-20(16-31-26)25-29-9-10-30-25)13-14-34(22)23-7-11-32(12-8-23)17-19-3-5-21(27)6-4-19;1-2-15-13-25(9-10-26(15)16-3-5-21-6-4-16)19-17(20)11-14(12-24-19)18-22-7-8-23-18;8-7-3-1-6(5-9)2-4-7/h3-6,9-10,15-16,22-23H,2,7-8,11-14,17-18H2,1H3,(H,29,30);7-8,11-12,15-16,21H,2-6,9-10,13H2,1H3,(H,22,23);1-5H/t22-;15-;/m00./s1. The van der Waals surface area contributed by atoms with E-state index in [1.165, 1.54) is 31.2 Å². The third kappa shape index (κ3) is 13.4. The van der Waals surface area contributed by atoms with Crippen LogP contribution in [0.3, 0.4) is 0 Å². The van der Waals surface area contributed by atoms with Crippen LogP contribution < -0.4 is 15.1 Å². The van der Waals surface area contributed by atoms with Gasteiger partial charge >= 0.3 is 0 Å². The highest BCUT2D eigenvalue weighted by Crippen LogP contribution is 2.33. The number of piperidine rings is 2. The van der Waals surface area contributed by atoms with Gasteiger partial charge in [0.15, 0.2) is 0 Å². The van der Waals surface area contributed by atoms with E-state index in [1.807, 2.05) is 49.1 Å². The molecule has 4 aromatic heterocycles. The Bertz CT molecular complexity index is 2480. The molecule has 4 aliphatic rings. The van der Waals surface area contributed by atoms with Gasteiger partial charge in [0.05, 0.1) is 10.0 Å². The SMILES string of the molecule is CC[C@H]1CN(c2ncc(-c3ncc[nH]3)cc2Cl)CCN1C1CCN(Cc2ccc(Cl)cc2)CC1.CC[C@H]1CN(c2ncc(-c3ncc[nH]3)cc2Cl)CCN1C1CCNCC1.O=Cc1ccc(Cl)cc1. The summed E-state index contributed by atoms with van der Waals surface area (Å²) in [6.07, 6.45) is 18.9. The number of H-pyrrole nitrogens is 2. The van der Waals surface area contributed by atoms with Gasteiger partial charge < -0.3 is 25.1 Å². The minimum absolute atomic E-state index is 0.518. The summed E-state index contributed by atoms with van der Waals surface area (Å²) >= 11 is 24.9. The second kappa shape index (κ2) is 25.0. The number of anilines is 2. The number of pyridine rings is 2. The number of piperazine rings is 2. The molecule has 4 saturated heterocycles. The van der Waals surface area contributed by atoms with Crippen molar-refractivity contribution in [1.82, 2.24) is 49.9 Å². The number of carbonyl (C=O) groups is 1. The molecular weight excluding hydrogens is 950 g/mol. The van der Waals surface area contributed by atoms with Gasteiger partial charge in [-0.3, -0.25) is 19.5 Å². The maximum Gasteiger partial charge on any atom is 0.150 e. The number of imidazole rings is 2. The van der Waals surface area contributed by atoms with Gasteiger partial charge in [0.2, 0.25) is 0 Å².